The highest BCUT2D eigenvalue weighted by Gasteiger charge is 2.32. The predicted molar refractivity (Wildman–Crippen MR) is 57.5 cm³/mol. The molecule has 0 radical (unpaired) electrons. The molecular formula is C12H12O5. The molecule has 0 amide bonds. The summed E-state index contributed by atoms with van der Waals surface area (Å²) in [4.78, 5) is 11.5. The summed E-state index contributed by atoms with van der Waals surface area (Å²) in [6, 6.07) is 3.28. The lowest BCUT2D eigenvalue weighted by molar-refractivity contribution is -0.135. The fourth-order valence-electron chi connectivity index (χ4n) is 1.68. The van der Waals surface area contributed by atoms with Gasteiger partial charge in [0, 0.05) is 12.1 Å². The molecule has 1 aliphatic heterocycles. The number of esters is 1. The minimum absolute atomic E-state index is 0.0615. The van der Waals surface area contributed by atoms with Gasteiger partial charge in [-0.1, -0.05) is 0 Å². The van der Waals surface area contributed by atoms with Crippen molar-refractivity contribution in [1.29, 1.82) is 0 Å². The number of hydrogen-bond acceptors (Lipinski definition) is 5. The molecule has 1 aliphatic carbocycles. The average Bonchev–Trinajstić information content (AvgIpc) is 3.07. The van der Waals surface area contributed by atoms with Gasteiger partial charge in [0.1, 0.15) is 5.75 Å². The van der Waals surface area contributed by atoms with Gasteiger partial charge in [0.2, 0.25) is 12.5 Å². The maximum absolute atomic E-state index is 11.5. The summed E-state index contributed by atoms with van der Waals surface area (Å²) >= 11 is 0. The summed E-state index contributed by atoms with van der Waals surface area (Å²) < 4.78 is 20.9. The molecule has 1 saturated carbocycles. The van der Waals surface area contributed by atoms with Crippen molar-refractivity contribution < 1.29 is 23.7 Å². The lowest BCUT2D eigenvalue weighted by atomic mass is 10.2. The van der Waals surface area contributed by atoms with Gasteiger partial charge in [0.05, 0.1) is 13.0 Å². The Labute approximate surface area is 98.2 Å². The van der Waals surface area contributed by atoms with Gasteiger partial charge in [0.15, 0.2) is 11.5 Å². The smallest absolute Gasteiger partial charge is 0.314 e. The molecule has 5 heteroatoms. The SMILES string of the molecule is COc1cc(OC(=O)C2CC2)cc2c1OCO2. The fraction of sp³-hybridized carbons (Fsp3) is 0.417. The number of benzene rings is 1. The number of methoxy groups -OCH3 is 1. The third-order valence-electron chi connectivity index (χ3n) is 2.76. The minimum Gasteiger partial charge on any atom is -0.493 e. The number of hydrogen-bond donors (Lipinski definition) is 0. The van der Waals surface area contributed by atoms with Gasteiger partial charge in [-0.25, -0.2) is 0 Å². The van der Waals surface area contributed by atoms with E-state index in [9.17, 15) is 4.79 Å². The Morgan fingerprint density at radius 2 is 2.18 bits per heavy atom. The monoisotopic (exact) mass is 236 g/mol. The zero-order valence-corrected chi connectivity index (χ0v) is 9.39. The Hall–Kier alpha value is -1.91. The lowest BCUT2D eigenvalue weighted by Gasteiger charge is -2.08. The van der Waals surface area contributed by atoms with Crippen LogP contribution in [0.1, 0.15) is 12.8 Å². The molecule has 0 N–H and O–H groups in total. The zero-order valence-electron chi connectivity index (χ0n) is 9.39. The Morgan fingerprint density at radius 3 is 2.88 bits per heavy atom. The molecule has 0 saturated heterocycles. The molecule has 1 aromatic rings. The van der Waals surface area contributed by atoms with Gasteiger partial charge in [0.25, 0.3) is 0 Å². The van der Waals surface area contributed by atoms with Crippen LogP contribution >= 0.6 is 0 Å². The second-order valence-corrected chi connectivity index (χ2v) is 4.05. The quantitative estimate of drug-likeness (QED) is 0.591. The molecule has 5 nitrogen and oxygen atoms in total. The van der Waals surface area contributed by atoms with Gasteiger partial charge < -0.3 is 18.9 Å². The third-order valence-corrected chi connectivity index (χ3v) is 2.76. The number of fused-ring (bicyclic) bond motifs is 1. The van der Waals surface area contributed by atoms with Gasteiger partial charge in [-0.15, -0.1) is 0 Å². The Bertz CT molecular complexity index is 464. The second-order valence-electron chi connectivity index (χ2n) is 4.05. The molecule has 90 valence electrons. The van der Waals surface area contributed by atoms with E-state index in [1.54, 1.807) is 12.1 Å². The molecular weight excluding hydrogens is 224 g/mol. The largest absolute Gasteiger partial charge is 0.493 e. The summed E-state index contributed by atoms with van der Waals surface area (Å²) in [5.41, 5.74) is 0. The van der Waals surface area contributed by atoms with Crippen LogP contribution in [0.2, 0.25) is 0 Å². The first-order valence-corrected chi connectivity index (χ1v) is 5.47. The summed E-state index contributed by atoms with van der Waals surface area (Å²) in [5, 5.41) is 0. The van der Waals surface area contributed by atoms with E-state index in [1.807, 2.05) is 0 Å². The highest BCUT2D eigenvalue weighted by atomic mass is 16.7. The lowest BCUT2D eigenvalue weighted by Crippen LogP contribution is -2.09. The molecule has 0 bridgehead atoms. The summed E-state index contributed by atoms with van der Waals surface area (Å²) in [6.07, 6.45) is 1.83. The summed E-state index contributed by atoms with van der Waals surface area (Å²) in [5.74, 6) is 1.92. The molecule has 1 fully saturated rings. The van der Waals surface area contributed by atoms with Crippen molar-refractivity contribution in [3.8, 4) is 23.0 Å². The number of rotatable bonds is 3. The molecule has 0 spiro atoms. The van der Waals surface area contributed by atoms with Crippen molar-refractivity contribution in [2.24, 2.45) is 5.92 Å². The summed E-state index contributed by atoms with van der Waals surface area (Å²) in [7, 11) is 1.53. The highest BCUT2D eigenvalue weighted by molar-refractivity contribution is 5.78. The predicted octanol–water partition coefficient (Wildman–Crippen LogP) is 1.74. The minimum atomic E-state index is -0.189. The molecule has 17 heavy (non-hydrogen) atoms. The van der Waals surface area contributed by atoms with Crippen LogP contribution in [0.15, 0.2) is 12.1 Å². The van der Waals surface area contributed by atoms with Gasteiger partial charge in [-0.05, 0) is 12.8 Å². The normalized spacial score (nSPS) is 16.8. The number of carbonyl (C=O) groups is 1. The van der Waals surface area contributed by atoms with E-state index >= 15 is 0 Å². The molecule has 2 aliphatic rings. The first-order valence-electron chi connectivity index (χ1n) is 5.47. The molecule has 0 unspecified atom stereocenters. The Kier molecular flexibility index (Phi) is 2.31. The van der Waals surface area contributed by atoms with Crippen molar-refractivity contribution in [3.05, 3.63) is 12.1 Å². The van der Waals surface area contributed by atoms with E-state index in [2.05, 4.69) is 0 Å². The van der Waals surface area contributed by atoms with E-state index in [-0.39, 0.29) is 18.7 Å². The van der Waals surface area contributed by atoms with Crippen LogP contribution in [0.25, 0.3) is 0 Å². The third kappa shape index (κ3) is 1.88. The van der Waals surface area contributed by atoms with Crippen LogP contribution in [0, 0.1) is 5.92 Å². The fourth-order valence-corrected chi connectivity index (χ4v) is 1.68. The van der Waals surface area contributed by atoms with Crippen LogP contribution in [-0.2, 0) is 4.79 Å². The highest BCUT2D eigenvalue weighted by Crippen LogP contribution is 2.44. The van der Waals surface area contributed by atoms with E-state index in [1.165, 1.54) is 7.11 Å². The first kappa shape index (κ1) is 10.3. The first-order chi connectivity index (χ1) is 8.28. The van der Waals surface area contributed by atoms with Gasteiger partial charge >= 0.3 is 5.97 Å². The maximum Gasteiger partial charge on any atom is 0.314 e. The van der Waals surface area contributed by atoms with Crippen molar-refractivity contribution in [2.45, 2.75) is 12.8 Å². The Morgan fingerprint density at radius 1 is 1.35 bits per heavy atom. The number of carbonyl (C=O) groups excluding carboxylic acids is 1. The van der Waals surface area contributed by atoms with Crippen LogP contribution in [0.5, 0.6) is 23.0 Å². The Balaban J connectivity index is 1.87. The standard InChI is InChI=1S/C12H12O5/c1-14-9-4-8(17-12(13)7-2-3-7)5-10-11(9)16-6-15-10/h4-5,7H,2-3,6H2,1H3. The zero-order chi connectivity index (χ0) is 11.8. The topological polar surface area (TPSA) is 54.0 Å². The van der Waals surface area contributed by atoms with E-state index in [0.29, 0.717) is 23.0 Å². The molecule has 1 aromatic carbocycles. The van der Waals surface area contributed by atoms with Crippen LogP contribution in [0.4, 0.5) is 0 Å². The van der Waals surface area contributed by atoms with Gasteiger partial charge in [-0.3, -0.25) is 4.79 Å². The molecule has 3 rings (SSSR count). The second kappa shape index (κ2) is 3.84. The van der Waals surface area contributed by atoms with Crippen molar-refractivity contribution >= 4 is 5.97 Å². The molecule has 1 heterocycles. The maximum atomic E-state index is 11.5. The van der Waals surface area contributed by atoms with Crippen LogP contribution < -0.4 is 18.9 Å². The van der Waals surface area contributed by atoms with E-state index in [0.717, 1.165) is 12.8 Å². The van der Waals surface area contributed by atoms with Crippen molar-refractivity contribution in [1.82, 2.24) is 0 Å². The van der Waals surface area contributed by atoms with Crippen LogP contribution in [-0.4, -0.2) is 19.9 Å². The molecule has 0 atom stereocenters. The van der Waals surface area contributed by atoms with Crippen molar-refractivity contribution in [2.75, 3.05) is 13.9 Å². The van der Waals surface area contributed by atoms with Crippen molar-refractivity contribution in [3.63, 3.8) is 0 Å². The van der Waals surface area contributed by atoms with E-state index < -0.39 is 0 Å². The van der Waals surface area contributed by atoms with Gasteiger partial charge in [-0.2, -0.15) is 0 Å². The number of ether oxygens (including phenoxy) is 4. The van der Waals surface area contributed by atoms with Crippen LogP contribution in [0.3, 0.4) is 0 Å². The summed E-state index contributed by atoms with van der Waals surface area (Å²) in [6.45, 7) is 0.158. The average molecular weight is 236 g/mol. The van der Waals surface area contributed by atoms with E-state index in [4.69, 9.17) is 18.9 Å². The molecule has 0 aromatic heterocycles.